The van der Waals surface area contributed by atoms with Crippen molar-refractivity contribution in [1.29, 1.82) is 0 Å². The van der Waals surface area contributed by atoms with Crippen LogP contribution in [0.2, 0.25) is 0 Å². The normalized spacial score (nSPS) is 23.5. The van der Waals surface area contributed by atoms with Gasteiger partial charge in [0.1, 0.15) is 49.7 Å². The number of ether oxygens (including phenoxy) is 12. The van der Waals surface area contributed by atoms with Crippen molar-refractivity contribution in [3.8, 4) is 0 Å². The fraction of sp³-hybridized carbons (Fsp3) is 0.673. The van der Waals surface area contributed by atoms with E-state index in [0.717, 1.165) is 62.5 Å². The summed E-state index contributed by atoms with van der Waals surface area (Å²) in [5, 5.41) is 6.29. The van der Waals surface area contributed by atoms with Gasteiger partial charge in [0.05, 0.1) is 13.7 Å². The third-order valence-electron chi connectivity index (χ3n) is 11.9. The van der Waals surface area contributed by atoms with Gasteiger partial charge in [-0.2, -0.15) is 26.3 Å². The molecule has 3 N–H and O–H groups in total. The summed E-state index contributed by atoms with van der Waals surface area (Å²) in [6.45, 7) is 7.45. The van der Waals surface area contributed by atoms with E-state index in [1.807, 2.05) is 5.32 Å². The Morgan fingerprint density at radius 2 is 1.04 bits per heavy atom. The number of benzene rings is 1. The average Bonchev–Trinajstić information content (AvgIpc) is 1.08. The summed E-state index contributed by atoms with van der Waals surface area (Å²) >= 11 is 0. The average molecular weight is 1230 g/mol. The molecule has 0 aromatic heterocycles. The molecule has 2 fully saturated rings. The number of hydrogen-bond donors (Lipinski definition) is 3. The minimum absolute atomic E-state index is 0.0965. The molecule has 1 aromatic carbocycles. The van der Waals surface area contributed by atoms with Crippen LogP contribution in [0.15, 0.2) is 30.3 Å². The number of alkyl halides is 6. The molecule has 85 heavy (non-hydrogen) atoms. The molecule has 13 atom stereocenters. The number of carbonyl (C=O) groups is 11. The Labute approximate surface area is 483 Å². The number of methoxy groups -OCH3 is 1. The van der Waals surface area contributed by atoms with Crippen molar-refractivity contribution in [2.45, 2.75) is 186 Å². The molecule has 4 amide bonds. The van der Waals surface area contributed by atoms with Crippen molar-refractivity contribution in [2.75, 3.05) is 33.5 Å². The third kappa shape index (κ3) is 22.9. The maximum absolute atomic E-state index is 14.9. The van der Waals surface area contributed by atoms with Crippen molar-refractivity contribution >= 4 is 65.6 Å². The number of halogens is 6. The zero-order valence-electron chi connectivity index (χ0n) is 48.3. The highest BCUT2D eigenvalue weighted by Gasteiger charge is 2.64. The predicted octanol–water partition coefficient (Wildman–Crippen LogP) is 2.34. The fourth-order valence-electron chi connectivity index (χ4n) is 8.66. The Balaban J connectivity index is 2.15. The summed E-state index contributed by atoms with van der Waals surface area (Å²) in [5.74, 6) is -16.4. The van der Waals surface area contributed by atoms with E-state index in [-0.39, 0.29) is 11.3 Å². The van der Waals surface area contributed by atoms with Gasteiger partial charge in [-0.15, -0.1) is 0 Å². The van der Waals surface area contributed by atoms with Crippen LogP contribution in [0.5, 0.6) is 0 Å². The summed E-state index contributed by atoms with van der Waals surface area (Å²) < 4.78 is 156. The van der Waals surface area contributed by atoms with Crippen LogP contribution in [0, 0.1) is 5.92 Å². The maximum Gasteiger partial charge on any atom is 0.403 e. The van der Waals surface area contributed by atoms with Crippen LogP contribution in [-0.4, -0.2) is 201 Å². The Morgan fingerprint density at radius 3 is 1.49 bits per heavy atom. The van der Waals surface area contributed by atoms with Gasteiger partial charge in [-0.3, -0.25) is 43.2 Å². The lowest BCUT2D eigenvalue weighted by molar-refractivity contribution is -0.361. The summed E-state index contributed by atoms with van der Waals surface area (Å²) in [7, 11) is 0.979. The quantitative estimate of drug-likeness (QED) is 0.0547. The number of amides is 4. The molecule has 0 aliphatic carbocycles. The molecule has 478 valence electrons. The Kier molecular flexibility index (Phi) is 26.8. The topological polar surface area (TPSA) is 338 Å². The molecule has 0 saturated carbocycles. The van der Waals surface area contributed by atoms with Crippen molar-refractivity contribution < 1.29 is 136 Å². The monoisotopic (exact) mass is 1230 g/mol. The molecule has 1 unspecified atom stereocenters. The van der Waals surface area contributed by atoms with E-state index in [4.69, 9.17) is 56.8 Å². The van der Waals surface area contributed by atoms with Gasteiger partial charge < -0.3 is 77.7 Å². The van der Waals surface area contributed by atoms with E-state index in [2.05, 4.69) is 10.6 Å². The summed E-state index contributed by atoms with van der Waals surface area (Å²) in [5.41, 5.74) is -0.917. The molecule has 0 spiro atoms. The van der Waals surface area contributed by atoms with Crippen LogP contribution < -0.4 is 16.0 Å². The second kappa shape index (κ2) is 31.7. The molecule has 33 heteroatoms. The molecule has 2 saturated heterocycles. The Hall–Kier alpha value is -7.39. The lowest BCUT2D eigenvalue weighted by Gasteiger charge is -2.48. The molecule has 0 radical (unpaired) electrons. The zero-order valence-corrected chi connectivity index (χ0v) is 48.3. The van der Waals surface area contributed by atoms with Crippen molar-refractivity contribution in [3.63, 3.8) is 0 Å². The first-order valence-corrected chi connectivity index (χ1v) is 26.0. The highest BCUT2D eigenvalue weighted by atomic mass is 19.4. The number of nitrogens with zero attached hydrogens (tertiary/aromatic N) is 1. The number of esters is 8. The van der Waals surface area contributed by atoms with E-state index >= 15 is 0 Å². The number of urea groups is 1. The lowest BCUT2D eigenvalue weighted by Crippen LogP contribution is -2.67. The molecule has 3 rings (SSSR count). The molecule has 2 aliphatic heterocycles. The van der Waals surface area contributed by atoms with E-state index in [0.29, 0.717) is 5.56 Å². The molecular weight excluding hydrogens is 1160 g/mol. The fourth-order valence-corrected chi connectivity index (χ4v) is 8.66. The van der Waals surface area contributed by atoms with Crippen LogP contribution in [0.3, 0.4) is 0 Å². The van der Waals surface area contributed by atoms with Crippen LogP contribution in [-0.2, 0) is 111 Å². The second-order valence-electron chi connectivity index (χ2n) is 20.3. The Morgan fingerprint density at radius 1 is 0.588 bits per heavy atom. The van der Waals surface area contributed by atoms with E-state index < -0.39 is 202 Å². The first kappa shape index (κ1) is 71.9. The SMILES string of the molecule is COC(=O)[C@H](Cc1ccccc1)NC(=O)[C@H](C)NC(=O)C(C(C(F)(F)F)C(F)(F)F)N(CCCO[C@@H]1O[C@H](COC(C)=O)[C@@H](O[C@@H]2O[C@H](COC(C)=O)[C@H](OC(C)=O)[C@H](OC(C)=O)[C@H]2OC(C)=O)[C@H](OC(C)=O)[C@H]1OC(C)=O)C(=O)NC(C)(C)C. The Bertz CT molecular complexity index is 2500. The summed E-state index contributed by atoms with van der Waals surface area (Å²) in [4.78, 5) is 142. The van der Waals surface area contributed by atoms with Crippen LogP contribution in [0.25, 0.3) is 0 Å². The first-order chi connectivity index (χ1) is 39.3. The molecule has 0 bridgehead atoms. The summed E-state index contributed by atoms with van der Waals surface area (Å²) in [6, 6.07) is -0.682. The predicted molar refractivity (Wildman–Crippen MR) is 270 cm³/mol. The van der Waals surface area contributed by atoms with Gasteiger partial charge in [0.2, 0.25) is 11.8 Å². The maximum atomic E-state index is 14.9. The van der Waals surface area contributed by atoms with Crippen molar-refractivity contribution in [2.24, 2.45) is 5.92 Å². The minimum Gasteiger partial charge on any atom is -0.467 e. The zero-order chi connectivity index (χ0) is 64.5. The highest BCUT2D eigenvalue weighted by molar-refractivity contribution is 5.93. The van der Waals surface area contributed by atoms with Gasteiger partial charge in [0.25, 0.3) is 0 Å². The molecular formula is C52H70F6N4O23. The molecule has 27 nitrogen and oxygen atoms in total. The standard InChI is InChI=1S/C52H70F6N4O23/c1-24(44(70)60-33(46(72)74-12)21-32-17-14-13-15-18-32)59-45(71)36(43(51(53,54)55)52(56,57)58)62(49(73)61-50(9,10)11)19-16-20-75-47-41(81-30(7)68)40(80-29(6)67)38(35(83-47)23-77-26(3)64)85-48-42(82-31(8)69)39(79-28(5)66)37(78-27(4)65)34(84-48)22-76-25(2)63/h13-15,17-18,24,33-43,47-48H,16,19-23H2,1-12H3,(H,59,71)(H,60,70)(H,61,73)/t24-,33-,34+,35+,36?,37-,38+,39-,40-,41+,42+,47+,48-/m0/s1. The molecule has 2 heterocycles. The minimum atomic E-state index is -6.32. The van der Waals surface area contributed by atoms with Gasteiger partial charge in [0, 0.05) is 67.0 Å². The molecule has 2 aliphatic rings. The summed E-state index contributed by atoms with van der Waals surface area (Å²) in [6.07, 6.45) is -32.7. The second-order valence-corrected chi connectivity index (χ2v) is 20.3. The first-order valence-electron chi connectivity index (χ1n) is 26.0. The van der Waals surface area contributed by atoms with Crippen LogP contribution >= 0.6 is 0 Å². The van der Waals surface area contributed by atoms with Crippen LogP contribution in [0.4, 0.5) is 31.1 Å². The number of rotatable bonds is 25. The molecule has 1 aromatic rings. The van der Waals surface area contributed by atoms with Gasteiger partial charge >= 0.3 is 66.1 Å². The number of carbonyl (C=O) groups excluding carboxylic acids is 11. The number of hydrogen-bond acceptors (Lipinski definition) is 23. The third-order valence-corrected chi connectivity index (χ3v) is 11.9. The van der Waals surface area contributed by atoms with Crippen LogP contribution in [0.1, 0.15) is 88.1 Å². The smallest absolute Gasteiger partial charge is 0.403 e. The highest BCUT2D eigenvalue weighted by Crippen LogP contribution is 2.44. The van der Waals surface area contributed by atoms with E-state index in [1.165, 1.54) is 20.8 Å². The van der Waals surface area contributed by atoms with Gasteiger partial charge in [-0.05, 0) is 39.7 Å². The number of nitrogens with one attached hydrogen (secondary N) is 3. The van der Waals surface area contributed by atoms with Gasteiger partial charge in [-0.1, -0.05) is 30.3 Å². The van der Waals surface area contributed by atoms with Gasteiger partial charge in [0.15, 0.2) is 49.0 Å². The van der Waals surface area contributed by atoms with Crippen molar-refractivity contribution in [3.05, 3.63) is 35.9 Å². The van der Waals surface area contributed by atoms with E-state index in [1.54, 1.807) is 30.3 Å². The van der Waals surface area contributed by atoms with Gasteiger partial charge in [-0.25, -0.2) is 9.59 Å². The largest absolute Gasteiger partial charge is 0.467 e. The lowest BCUT2D eigenvalue weighted by atomic mass is 9.95. The van der Waals surface area contributed by atoms with E-state index in [9.17, 15) is 79.1 Å². The van der Waals surface area contributed by atoms with Crippen molar-refractivity contribution in [1.82, 2.24) is 20.9 Å².